The first-order valence-electron chi connectivity index (χ1n) is 6.81. The van der Waals surface area contributed by atoms with Crippen molar-refractivity contribution in [1.82, 2.24) is 5.32 Å². The molecule has 0 saturated heterocycles. The number of aromatic hydroxyl groups is 1. The average molecular weight is 284 g/mol. The minimum absolute atomic E-state index is 0.238. The molecular formula is C16H16N2OS. The maximum Gasteiger partial charge on any atom is 0.115 e. The van der Waals surface area contributed by atoms with E-state index in [2.05, 4.69) is 24.0 Å². The van der Waals surface area contributed by atoms with Crippen LogP contribution >= 0.6 is 12.6 Å². The molecule has 0 fully saturated rings. The van der Waals surface area contributed by atoms with E-state index in [1.807, 2.05) is 12.1 Å². The lowest BCUT2D eigenvalue weighted by Gasteiger charge is -2.32. The number of hydrogen-bond donors (Lipinski definition) is 3. The van der Waals surface area contributed by atoms with Gasteiger partial charge < -0.3 is 10.4 Å². The topological polar surface area (TPSA) is 56.0 Å². The van der Waals surface area contributed by atoms with Gasteiger partial charge in [0.15, 0.2) is 0 Å². The normalized spacial score (nSPS) is 22.1. The first-order chi connectivity index (χ1) is 9.70. The number of thiol groups is 1. The van der Waals surface area contributed by atoms with Crippen molar-refractivity contribution in [2.24, 2.45) is 0 Å². The zero-order valence-corrected chi connectivity index (χ0v) is 12.0. The lowest BCUT2D eigenvalue weighted by atomic mass is 9.82. The summed E-state index contributed by atoms with van der Waals surface area (Å²) in [5.74, 6) is 0.238. The van der Waals surface area contributed by atoms with Gasteiger partial charge in [0.05, 0.1) is 11.6 Å². The minimum Gasteiger partial charge on any atom is -0.508 e. The van der Waals surface area contributed by atoms with Crippen molar-refractivity contribution in [3.8, 4) is 11.8 Å². The SMILES string of the molecule is N#CC1=C(c2ccc(O)cc2)C2=C(CCCC2)NC1S. The van der Waals surface area contributed by atoms with Crippen molar-refractivity contribution >= 4 is 18.2 Å². The van der Waals surface area contributed by atoms with E-state index in [1.165, 1.54) is 17.7 Å². The molecule has 1 unspecified atom stereocenters. The first-order valence-corrected chi connectivity index (χ1v) is 7.33. The van der Waals surface area contributed by atoms with Crippen LogP contribution in [-0.4, -0.2) is 10.5 Å². The van der Waals surface area contributed by atoms with Crippen molar-refractivity contribution < 1.29 is 5.11 Å². The van der Waals surface area contributed by atoms with Gasteiger partial charge in [-0.05, 0) is 49.0 Å². The summed E-state index contributed by atoms with van der Waals surface area (Å²) in [5.41, 5.74) is 5.11. The zero-order chi connectivity index (χ0) is 14.1. The highest BCUT2D eigenvalue weighted by Gasteiger charge is 2.28. The van der Waals surface area contributed by atoms with Crippen LogP contribution < -0.4 is 5.32 Å². The Morgan fingerprint density at radius 2 is 1.90 bits per heavy atom. The standard InChI is InChI=1S/C16H16N2OS/c17-9-13-15(10-5-7-11(19)8-6-10)12-3-1-2-4-14(12)18-16(13)20/h5-8,16,18-20H,1-4H2. The van der Waals surface area contributed by atoms with Gasteiger partial charge in [-0.15, -0.1) is 12.6 Å². The van der Waals surface area contributed by atoms with Crippen molar-refractivity contribution in [1.29, 1.82) is 5.26 Å². The highest BCUT2D eigenvalue weighted by atomic mass is 32.1. The maximum atomic E-state index is 9.47. The summed E-state index contributed by atoms with van der Waals surface area (Å²) in [6, 6.07) is 9.36. The average Bonchev–Trinajstić information content (AvgIpc) is 2.47. The van der Waals surface area contributed by atoms with E-state index in [9.17, 15) is 10.4 Å². The van der Waals surface area contributed by atoms with E-state index >= 15 is 0 Å². The maximum absolute atomic E-state index is 9.47. The van der Waals surface area contributed by atoms with Crippen LogP contribution in [0.3, 0.4) is 0 Å². The fraction of sp³-hybridized carbons (Fsp3) is 0.312. The molecule has 102 valence electrons. The molecule has 1 aliphatic carbocycles. The number of benzene rings is 1. The van der Waals surface area contributed by atoms with Gasteiger partial charge in [0.25, 0.3) is 0 Å². The summed E-state index contributed by atoms with van der Waals surface area (Å²) in [6.45, 7) is 0. The summed E-state index contributed by atoms with van der Waals surface area (Å²) in [6.07, 6.45) is 4.34. The van der Waals surface area contributed by atoms with E-state index < -0.39 is 0 Å². The molecule has 3 rings (SSSR count). The summed E-state index contributed by atoms with van der Waals surface area (Å²) in [4.78, 5) is 0. The largest absolute Gasteiger partial charge is 0.508 e. The molecule has 3 nitrogen and oxygen atoms in total. The van der Waals surface area contributed by atoms with Crippen molar-refractivity contribution in [3.05, 3.63) is 46.7 Å². The van der Waals surface area contributed by atoms with Crippen LogP contribution in [-0.2, 0) is 0 Å². The summed E-state index contributed by atoms with van der Waals surface area (Å²) in [7, 11) is 0. The number of allylic oxidation sites excluding steroid dienone is 3. The van der Waals surface area contributed by atoms with Gasteiger partial charge in [-0.1, -0.05) is 12.1 Å². The van der Waals surface area contributed by atoms with Gasteiger partial charge in [0.2, 0.25) is 0 Å². The number of nitriles is 1. The Hall–Kier alpha value is -1.86. The Kier molecular flexibility index (Phi) is 3.45. The third-order valence-electron chi connectivity index (χ3n) is 3.90. The fourth-order valence-corrected chi connectivity index (χ4v) is 3.29. The lowest BCUT2D eigenvalue weighted by Crippen LogP contribution is -2.32. The van der Waals surface area contributed by atoms with Crippen molar-refractivity contribution in [3.63, 3.8) is 0 Å². The Balaban J connectivity index is 2.18. The van der Waals surface area contributed by atoms with E-state index in [0.29, 0.717) is 5.57 Å². The second kappa shape index (κ2) is 5.26. The van der Waals surface area contributed by atoms with Crippen LogP contribution in [0.1, 0.15) is 31.2 Å². The van der Waals surface area contributed by atoms with Gasteiger partial charge >= 0.3 is 0 Å². The molecule has 0 saturated carbocycles. The first kappa shape index (κ1) is 13.1. The summed E-state index contributed by atoms with van der Waals surface area (Å²) < 4.78 is 0. The molecule has 2 aliphatic rings. The molecule has 1 aliphatic heterocycles. The van der Waals surface area contributed by atoms with Crippen molar-refractivity contribution in [2.45, 2.75) is 31.1 Å². The Bertz CT molecular complexity index is 637. The Labute approximate surface area is 124 Å². The molecule has 0 aromatic heterocycles. The smallest absolute Gasteiger partial charge is 0.115 e. The molecule has 0 bridgehead atoms. The monoisotopic (exact) mass is 284 g/mol. The molecule has 2 N–H and O–H groups in total. The number of phenols is 1. The van der Waals surface area contributed by atoms with E-state index in [4.69, 9.17) is 0 Å². The van der Waals surface area contributed by atoms with Crippen LogP contribution in [0.15, 0.2) is 41.1 Å². The molecule has 0 spiro atoms. The van der Waals surface area contributed by atoms with Crippen LogP contribution in [0.2, 0.25) is 0 Å². The molecule has 0 radical (unpaired) electrons. The molecule has 1 aromatic carbocycles. The molecule has 1 atom stereocenters. The zero-order valence-electron chi connectivity index (χ0n) is 11.1. The highest BCUT2D eigenvalue weighted by Crippen LogP contribution is 2.40. The fourth-order valence-electron chi connectivity index (χ4n) is 2.95. The minimum atomic E-state index is -0.249. The summed E-state index contributed by atoms with van der Waals surface area (Å²) in [5, 5.41) is 22.0. The predicted octanol–water partition coefficient (Wildman–Crippen LogP) is 3.36. The molecule has 0 amide bonds. The van der Waals surface area contributed by atoms with Crippen LogP contribution in [0, 0.1) is 11.3 Å². The number of nitrogens with one attached hydrogen (secondary N) is 1. The molecule has 1 aromatic rings. The van der Waals surface area contributed by atoms with Gasteiger partial charge in [-0.3, -0.25) is 0 Å². The van der Waals surface area contributed by atoms with Crippen LogP contribution in [0.5, 0.6) is 5.75 Å². The second-order valence-electron chi connectivity index (χ2n) is 5.16. The number of dihydropyridines is 1. The predicted molar refractivity (Wildman–Crippen MR) is 82.0 cm³/mol. The molecule has 4 heteroatoms. The van der Waals surface area contributed by atoms with Gasteiger partial charge in [-0.2, -0.15) is 5.26 Å². The highest BCUT2D eigenvalue weighted by molar-refractivity contribution is 7.81. The van der Waals surface area contributed by atoms with Crippen molar-refractivity contribution in [2.75, 3.05) is 0 Å². The van der Waals surface area contributed by atoms with Gasteiger partial charge in [0.1, 0.15) is 11.1 Å². The Morgan fingerprint density at radius 3 is 2.60 bits per heavy atom. The lowest BCUT2D eigenvalue weighted by molar-refractivity contribution is 0.475. The second-order valence-corrected chi connectivity index (χ2v) is 5.67. The number of phenolic OH excluding ortho intramolecular Hbond substituents is 1. The third kappa shape index (κ3) is 2.19. The van der Waals surface area contributed by atoms with Gasteiger partial charge in [-0.25, -0.2) is 0 Å². The van der Waals surface area contributed by atoms with E-state index in [0.717, 1.165) is 30.4 Å². The molecule has 20 heavy (non-hydrogen) atoms. The van der Waals surface area contributed by atoms with Gasteiger partial charge in [0, 0.05) is 11.3 Å². The number of nitrogens with zero attached hydrogens (tertiary/aromatic N) is 1. The van der Waals surface area contributed by atoms with E-state index in [-0.39, 0.29) is 11.1 Å². The quantitative estimate of drug-likeness (QED) is 0.693. The number of rotatable bonds is 1. The molecule has 1 heterocycles. The van der Waals surface area contributed by atoms with Crippen LogP contribution in [0.25, 0.3) is 5.57 Å². The Morgan fingerprint density at radius 1 is 1.20 bits per heavy atom. The summed E-state index contributed by atoms with van der Waals surface area (Å²) >= 11 is 4.51. The van der Waals surface area contributed by atoms with Crippen LogP contribution in [0.4, 0.5) is 0 Å². The number of hydrogen-bond acceptors (Lipinski definition) is 4. The molecular weight excluding hydrogens is 268 g/mol. The van der Waals surface area contributed by atoms with E-state index in [1.54, 1.807) is 12.1 Å². The third-order valence-corrected chi connectivity index (χ3v) is 4.29.